The molecule has 21 heavy (non-hydrogen) atoms. The summed E-state index contributed by atoms with van der Waals surface area (Å²) in [5.41, 5.74) is 1.65. The molecule has 1 aliphatic heterocycles. The van der Waals surface area contributed by atoms with Crippen LogP contribution in [-0.4, -0.2) is 45.2 Å². The number of likely N-dealkylation sites (tertiary alicyclic amines) is 1. The lowest BCUT2D eigenvalue weighted by atomic mass is 10.1. The molecule has 0 spiro atoms. The van der Waals surface area contributed by atoms with Crippen molar-refractivity contribution in [2.75, 3.05) is 13.1 Å². The molecule has 0 radical (unpaired) electrons. The van der Waals surface area contributed by atoms with Crippen molar-refractivity contribution in [2.24, 2.45) is 0 Å². The van der Waals surface area contributed by atoms with Crippen molar-refractivity contribution in [3.8, 4) is 0 Å². The lowest BCUT2D eigenvalue weighted by Crippen LogP contribution is -2.43. The molecular formula is C15H18N4O2. The van der Waals surface area contributed by atoms with E-state index in [2.05, 4.69) is 15.2 Å². The monoisotopic (exact) mass is 286 g/mol. The highest BCUT2D eigenvalue weighted by Gasteiger charge is 2.25. The summed E-state index contributed by atoms with van der Waals surface area (Å²) in [6.45, 7) is 1.94. The van der Waals surface area contributed by atoms with Gasteiger partial charge in [0, 0.05) is 31.7 Å². The quantitative estimate of drug-likeness (QED) is 0.927. The maximum atomic E-state index is 12.3. The minimum atomic E-state index is 0.0124. The highest BCUT2D eigenvalue weighted by atomic mass is 16.5. The van der Waals surface area contributed by atoms with Gasteiger partial charge in [0.05, 0.1) is 24.5 Å². The molecule has 110 valence electrons. The van der Waals surface area contributed by atoms with E-state index in [1.165, 1.54) is 0 Å². The number of nitrogens with one attached hydrogen (secondary N) is 1. The first-order valence-electron chi connectivity index (χ1n) is 7.11. The van der Waals surface area contributed by atoms with Crippen LogP contribution in [0.5, 0.6) is 0 Å². The van der Waals surface area contributed by atoms with E-state index < -0.39 is 0 Å². The second-order valence-electron chi connectivity index (χ2n) is 5.17. The zero-order valence-electron chi connectivity index (χ0n) is 11.7. The summed E-state index contributed by atoms with van der Waals surface area (Å²) in [6, 6.07) is 3.89. The number of H-pyrrole nitrogens is 1. The van der Waals surface area contributed by atoms with Gasteiger partial charge in [-0.3, -0.25) is 14.9 Å². The topological polar surface area (TPSA) is 71.1 Å². The Labute approximate surface area is 123 Å². The van der Waals surface area contributed by atoms with Crippen LogP contribution in [0.3, 0.4) is 0 Å². The Kier molecular flexibility index (Phi) is 4.25. The van der Waals surface area contributed by atoms with E-state index in [0.29, 0.717) is 18.7 Å². The molecule has 0 aliphatic carbocycles. The number of carbonyl (C=O) groups excluding carboxylic acids is 1. The fourth-order valence-electron chi connectivity index (χ4n) is 2.51. The summed E-state index contributed by atoms with van der Waals surface area (Å²) in [5, 5.41) is 6.49. The van der Waals surface area contributed by atoms with E-state index in [4.69, 9.17) is 4.74 Å². The predicted octanol–water partition coefficient (Wildman–Crippen LogP) is 1.63. The first-order chi connectivity index (χ1) is 10.3. The Morgan fingerprint density at radius 3 is 3.19 bits per heavy atom. The summed E-state index contributed by atoms with van der Waals surface area (Å²) >= 11 is 0. The summed E-state index contributed by atoms with van der Waals surface area (Å²) in [5.74, 6) is 0.0124. The van der Waals surface area contributed by atoms with Crippen molar-refractivity contribution in [1.29, 1.82) is 0 Å². The third-order valence-corrected chi connectivity index (χ3v) is 3.62. The lowest BCUT2D eigenvalue weighted by Gasteiger charge is -2.32. The fourth-order valence-corrected chi connectivity index (χ4v) is 2.51. The fraction of sp³-hybridized carbons (Fsp3) is 0.400. The summed E-state index contributed by atoms with van der Waals surface area (Å²) < 4.78 is 5.91. The van der Waals surface area contributed by atoms with Crippen LogP contribution in [0.4, 0.5) is 0 Å². The average Bonchev–Trinajstić information content (AvgIpc) is 3.08. The standard InChI is InChI=1S/C15H18N4O2/c20-15(13-8-17-18-9-13)19-6-2-4-14(10-19)21-11-12-3-1-5-16-7-12/h1,3,5,7-9,14H,2,4,6,10-11H2,(H,17,18). The number of ether oxygens (including phenoxy) is 1. The van der Waals surface area contributed by atoms with Crippen molar-refractivity contribution >= 4 is 5.91 Å². The molecule has 1 aliphatic rings. The highest BCUT2D eigenvalue weighted by Crippen LogP contribution is 2.17. The molecule has 0 aromatic carbocycles. The minimum absolute atomic E-state index is 0.0124. The van der Waals surface area contributed by atoms with Gasteiger partial charge in [-0.15, -0.1) is 0 Å². The maximum Gasteiger partial charge on any atom is 0.257 e. The molecule has 1 atom stereocenters. The van der Waals surface area contributed by atoms with Crippen LogP contribution in [0.1, 0.15) is 28.8 Å². The van der Waals surface area contributed by atoms with E-state index in [1.54, 1.807) is 24.8 Å². The molecule has 0 bridgehead atoms. The van der Waals surface area contributed by atoms with Gasteiger partial charge in [0.1, 0.15) is 0 Å². The number of nitrogens with zero attached hydrogens (tertiary/aromatic N) is 3. The SMILES string of the molecule is O=C(c1cn[nH]c1)N1CCCC(OCc2cccnc2)C1. The zero-order valence-corrected chi connectivity index (χ0v) is 11.7. The Bertz CT molecular complexity index is 571. The maximum absolute atomic E-state index is 12.3. The van der Waals surface area contributed by atoms with Gasteiger partial charge in [0.2, 0.25) is 0 Å². The van der Waals surface area contributed by atoms with Crippen molar-refractivity contribution in [1.82, 2.24) is 20.1 Å². The number of aromatic nitrogens is 3. The second kappa shape index (κ2) is 6.49. The van der Waals surface area contributed by atoms with Gasteiger partial charge in [0.15, 0.2) is 0 Å². The van der Waals surface area contributed by atoms with Gasteiger partial charge in [-0.1, -0.05) is 6.07 Å². The third-order valence-electron chi connectivity index (χ3n) is 3.62. The number of hydrogen-bond donors (Lipinski definition) is 1. The molecule has 3 rings (SSSR count). The van der Waals surface area contributed by atoms with Gasteiger partial charge < -0.3 is 9.64 Å². The van der Waals surface area contributed by atoms with Crippen molar-refractivity contribution < 1.29 is 9.53 Å². The minimum Gasteiger partial charge on any atom is -0.372 e. The zero-order chi connectivity index (χ0) is 14.5. The number of piperidine rings is 1. The van der Waals surface area contributed by atoms with E-state index in [-0.39, 0.29) is 12.0 Å². The highest BCUT2D eigenvalue weighted by molar-refractivity contribution is 5.93. The molecular weight excluding hydrogens is 268 g/mol. The van der Waals surface area contributed by atoms with Crippen LogP contribution < -0.4 is 0 Å². The molecule has 1 fully saturated rings. The van der Waals surface area contributed by atoms with Crippen molar-refractivity contribution in [3.63, 3.8) is 0 Å². The van der Waals surface area contributed by atoms with Crippen LogP contribution in [0, 0.1) is 0 Å². The second-order valence-corrected chi connectivity index (χ2v) is 5.17. The summed E-state index contributed by atoms with van der Waals surface area (Å²) in [4.78, 5) is 18.2. The number of pyridine rings is 1. The molecule has 2 aromatic rings. The molecule has 1 N–H and O–H groups in total. The molecule has 6 nitrogen and oxygen atoms in total. The van der Waals surface area contributed by atoms with Crippen LogP contribution >= 0.6 is 0 Å². The van der Waals surface area contributed by atoms with E-state index >= 15 is 0 Å². The normalized spacial score (nSPS) is 18.7. The lowest BCUT2D eigenvalue weighted by molar-refractivity contribution is -0.00681. The Balaban J connectivity index is 1.55. The molecule has 1 amide bonds. The van der Waals surface area contributed by atoms with Crippen molar-refractivity contribution in [2.45, 2.75) is 25.6 Å². The molecule has 3 heterocycles. The molecule has 1 saturated heterocycles. The van der Waals surface area contributed by atoms with Crippen LogP contribution in [-0.2, 0) is 11.3 Å². The van der Waals surface area contributed by atoms with E-state index in [9.17, 15) is 4.79 Å². The molecule has 0 saturated carbocycles. The van der Waals surface area contributed by atoms with Crippen LogP contribution in [0.25, 0.3) is 0 Å². The largest absolute Gasteiger partial charge is 0.372 e. The number of aromatic amines is 1. The number of hydrogen-bond acceptors (Lipinski definition) is 4. The predicted molar refractivity (Wildman–Crippen MR) is 76.5 cm³/mol. The Morgan fingerprint density at radius 2 is 2.43 bits per heavy atom. The van der Waals surface area contributed by atoms with Gasteiger partial charge in [-0.2, -0.15) is 5.10 Å². The number of rotatable bonds is 4. The van der Waals surface area contributed by atoms with Crippen LogP contribution in [0.15, 0.2) is 36.9 Å². The van der Waals surface area contributed by atoms with E-state index in [0.717, 1.165) is 24.9 Å². The Morgan fingerprint density at radius 1 is 1.48 bits per heavy atom. The first-order valence-corrected chi connectivity index (χ1v) is 7.11. The summed E-state index contributed by atoms with van der Waals surface area (Å²) in [6.07, 6.45) is 8.75. The third kappa shape index (κ3) is 3.46. The van der Waals surface area contributed by atoms with Gasteiger partial charge in [-0.25, -0.2) is 0 Å². The number of carbonyl (C=O) groups is 1. The molecule has 1 unspecified atom stereocenters. The number of amides is 1. The van der Waals surface area contributed by atoms with Gasteiger partial charge in [-0.05, 0) is 24.5 Å². The average molecular weight is 286 g/mol. The molecule has 2 aromatic heterocycles. The van der Waals surface area contributed by atoms with Gasteiger partial charge in [0.25, 0.3) is 5.91 Å². The van der Waals surface area contributed by atoms with Gasteiger partial charge >= 0.3 is 0 Å². The van der Waals surface area contributed by atoms with Crippen molar-refractivity contribution in [3.05, 3.63) is 48.0 Å². The molecule has 6 heteroatoms. The smallest absolute Gasteiger partial charge is 0.257 e. The van der Waals surface area contributed by atoms with Crippen LogP contribution in [0.2, 0.25) is 0 Å². The van der Waals surface area contributed by atoms with E-state index in [1.807, 2.05) is 17.0 Å². The first kappa shape index (κ1) is 13.8. The summed E-state index contributed by atoms with van der Waals surface area (Å²) in [7, 11) is 0. The Hall–Kier alpha value is -2.21.